The normalized spacial score (nSPS) is 19.0. The number of carbonyl (C=O) groups is 12. The number of nitrogens with zero attached hydrogens (tertiary/aromatic N) is 9. The molecular formula is C61H61N17O21S6. The number of carboxylic acid groups (broad SMARTS) is 5. The van der Waals surface area contributed by atoms with Gasteiger partial charge in [-0.2, -0.15) is 0 Å². The number of nitrogens with two attached hydrogens (primary N) is 1. The van der Waals surface area contributed by atoms with E-state index in [9.17, 15) is 73.5 Å². The molecule has 10 rings (SSSR count). The second-order valence-electron chi connectivity index (χ2n) is 24.3. The van der Waals surface area contributed by atoms with Crippen molar-refractivity contribution in [1.29, 1.82) is 0 Å². The van der Waals surface area contributed by atoms with Crippen molar-refractivity contribution in [3.63, 3.8) is 0 Å². The fraction of sp³-hybridized carbons (Fsp3) is 0.344. The summed E-state index contributed by atoms with van der Waals surface area (Å²) < 4.78 is 8.44. The molecule has 1 fully saturated rings. The van der Waals surface area contributed by atoms with Crippen LogP contribution in [0.5, 0.6) is 0 Å². The maximum atomic E-state index is 15.1. The molecule has 44 heteroatoms. The molecule has 1 saturated heterocycles. The summed E-state index contributed by atoms with van der Waals surface area (Å²) in [7, 11) is 0. The number of aliphatic carboxylic acids is 5. The van der Waals surface area contributed by atoms with Crippen LogP contribution in [-0.4, -0.2) is 198 Å². The van der Waals surface area contributed by atoms with Gasteiger partial charge >= 0.3 is 23.9 Å². The number of carbonyl (C=O) groups excluding carboxylic acids is 9. The predicted octanol–water partition coefficient (Wildman–Crippen LogP) is -2.84. The molecule has 0 aliphatic carbocycles. The lowest BCUT2D eigenvalue weighted by Crippen LogP contribution is -2.70. The van der Waals surface area contributed by atoms with Crippen LogP contribution in [0.25, 0.3) is 0 Å². The summed E-state index contributed by atoms with van der Waals surface area (Å²) in [5.74, 6) is -15.4. The Morgan fingerprint density at radius 1 is 0.619 bits per heavy atom. The number of thiazole rings is 3. The number of thioether (sulfide) groups is 3. The van der Waals surface area contributed by atoms with E-state index in [1.54, 1.807) is 70.3 Å². The highest BCUT2D eigenvalue weighted by Crippen LogP contribution is 2.43. The van der Waals surface area contributed by atoms with E-state index in [0.29, 0.717) is 39.6 Å². The number of oxime groups is 3. The van der Waals surface area contributed by atoms with E-state index >= 15 is 9.59 Å². The molecule has 0 spiro atoms. The maximum absolute atomic E-state index is 15.1. The molecule has 5 aromatic heterocycles. The molecule has 10 heterocycles. The lowest BCUT2D eigenvalue weighted by Gasteiger charge is -2.48. The fourth-order valence-electron chi connectivity index (χ4n) is 9.67. The molecule has 5 aromatic rings. The quantitative estimate of drug-likeness (QED) is 0.00725. The minimum atomic E-state index is -2.21. The number of carboxylic acids is 5. The molecule has 4 unspecified atom stereocenters. The van der Waals surface area contributed by atoms with Gasteiger partial charge in [0.15, 0.2) is 70.4 Å². The predicted molar refractivity (Wildman–Crippen MR) is 369 cm³/mol. The summed E-state index contributed by atoms with van der Waals surface area (Å²) >= 11 is 5.24. The van der Waals surface area contributed by atoms with Crippen LogP contribution < -0.4 is 62.3 Å². The molecule has 38 nitrogen and oxygen atoms in total. The highest BCUT2D eigenvalue weighted by atomic mass is 32.2. The van der Waals surface area contributed by atoms with E-state index in [1.165, 1.54) is 27.4 Å². The van der Waals surface area contributed by atoms with Crippen LogP contribution in [-0.2, 0) is 89.9 Å². The monoisotopic (exact) mass is 1560 g/mol. The molecule has 6 amide bonds. The third kappa shape index (κ3) is 17.8. The van der Waals surface area contributed by atoms with Crippen molar-refractivity contribution < 1.29 is 111 Å². The van der Waals surface area contributed by atoms with Crippen molar-refractivity contribution in [3.8, 4) is 0 Å². The van der Waals surface area contributed by atoms with Gasteiger partial charge in [0.2, 0.25) is 16.8 Å². The van der Waals surface area contributed by atoms with Crippen LogP contribution in [0.3, 0.4) is 0 Å². The summed E-state index contributed by atoms with van der Waals surface area (Å²) in [4.78, 5) is 193. The lowest BCUT2D eigenvalue weighted by molar-refractivity contribution is -0.689. The van der Waals surface area contributed by atoms with Gasteiger partial charge < -0.3 is 97.3 Å². The number of esters is 1. The number of cyclic esters (lactones) is 1. The first-order valence-corrected chi connectivity index (χ1v) is 36.5. The van der Waals surface area contributed by atoms with Gasteiger partial charge in [0.25, 0.3) is 35.4 Å². The van der Waals surface area contributed by atoms with Gasteiger partial charge in [-0.3, -0.25) is 33.7 Å². The fourth-order valence-corrected chi connectivity index (χ4v) is 15.3. The van der Waals surface area contributed by atoms with Gasteiger partial charge in [0.05, 0.1) is 23.3 Å². The molecule has 0 bridgehead atoms. The number of hydrogen-bond donors (Lipinski definition) is 11. The Balaban J connectivity index is 0.968. The molecular weight excluding hydrogens is 1500 g/mol. The van der Waals surface area contributed by atoms with Crippen molar-refractivity contribution in [2.24, 2.45) is 15.5 Å². The number of anilines is 3. The number of β-lactam (4-membered cyclic amide) rings is 1. The van der Waals surface area contributed by atoms with E-state index in [0.717, 1.165) is 81.8 Å². The van der Waals surface area contributed by atoms with Crippen molar-refractivity contribution in [3.05, 3.63) is 128 Å². The summed E-state index contributed by atoms with van der Waals surface area (Å²) in [6.07, 6.45) is 6.66. The lowest BCUT2D eigenvalue weighted by atomic mass is 10.0. The van der Waals surface area contributed by atoms with E-state index in [4.69, 9.17) is 25.0 Å². The SMILES string of the molecule is CC(C)(O/N=C(\C(=O)NC(C(=O)Nc1nc(/C(=N/OC(C)(C)C(=O)O)C(=O)NC(C(=O)Nc2nc(/C(=N/OC(C)(C)C(=O)O)C(=O)N[C@@H]3C(=O)N4C5=C(COC5=O)CS[C@H]34)cs2)C2NC(C(=O)[O-])=C(C[n+]3ccccc3)CS2)cs1)C1NC(C(=O)[O-])=C(C[n+]2ccccc2)CS1)c1csc(N)n1)C(=O)O. The third-order valence-electron chi connectivity index (χ3n) is 15.5. The average molecular weight is 1560 g/mol. The summed E-state index contributed by atoms with van der Waals surface area (Å²) in [6.45, 7) is 6.63. The molecule has 5 aliphatic heterocycles. The number of aromatic nitrogens is 5. The number of fused-ring (bicyclic) bond motifs is 2. The topological polar surface area (TPSA) is 546 Å². The largest absolute Gasteiger partial charge is 0.543 e. The Morgan fingerprint density at radius 3 is 1.43 bits per heavy atom. The number of hydrogen-bond acceptors (Lipinski definition) is 33. The highest BCUT2D eigenvalue weighted by molar-refractivity contribution is 8.00. The molecule has 0 radical (unpaired) electrons. The second kappa shape index (κ2) is 31.9. The van der Waals surface area contributed by atoms with Crippen LogP contribution in [0.1, 0.15) is 58.6 Å². The Kier molecular flexibility index (Phi) is 23.2. The standard InChI is InChI=1S/C61H61N17O21S6/c1-59(2,53(90)91)97-73-34(29-23-103-56(62)63-29)41(79)66-37(46-69-32(50(85)86)26(20-100-46)17-76-13-9-7-10-14-76)44(82)71-57-64-30(24-104-57)35(74-98-60(3,4)54(92)93)42(80)67-38(47-70-33(51(87)88)27(21-101-47)18-77-15-11-8-12-16-77)45(83)72-58-65-31(25-105-58)36(75-99-61(5,6)55(94)95)43(81)68-39-48(84)78-40-28(19-96-52(40)89)22-102-49(39)78/h7-16,23-25,37-39,46-47,49,69-70H,17-22H2,1-6H3,(H10-2,62,63,64,65,66,67,68,71,72,79,80,81,82,83,85,86,87,88,90,91,92,93,94,95)/b73-34-,74-35-,75-36-/t37?,38?,39-,46?,47?,49-/m1/s1. The summed E-state index contributed by atoms with van der Waals surface area (Å²) in [6, 6.07) is 5.20. The van der Waals surface area contributed by atoms with Crippen molar-refractivity contribution in [1.82, 2.24) is 46.4 Å². The highest BCUT2D eigenvalue weighted by Gasteiger charge is 2.56. The number of pyridine rings is 2. The maximum Gasteiger partial charge on any atom is 0.355 e. The molecule has 552 valence electrons. The minimum absolute atomic E-state index is 0.00123. The molecule has 6 atom stereocenters. The molecule has 12 N–H and O–H groups in total. The number of nitrogens with one attached hydrogen (secondary N) is 7. The Hall–Kier alpha value is -11.1. The zero-order valence-electron chi connectivity index (χ0n) is 55.5. The molecule has 105 heavy (non-hydrogen) atoms. The van der Waals surface area contributed by atoms with Gasteiger partial charge in [0.1, 0.15) is 63.6 Å². The smallest absolute Gasteiger partial charge is 0.355 e. The Bertz CT molecular complexity index is 4570. The number of amides is 6. The molecule has 0 saturated carbocycles. The van der Waals surface area contributed by atoms with Crippen molar-refractivity contribution in [2.45, 2.75) is 106 Å². The van der Waals surface area contributed by atoms with Gasteiger partial charge in [-0.1, -0.05) is 27.6 Å². The van der Waals surface area contributed by atoms with E-state index < -0.39 is 162 Å². The van der Waals surface area contributed by atoms with E-state index in [2.05, 4.69) is 67.6 Å². The van der Waals surface area contributed by atoms with Gasteiger partial charge in [0, 0.05) is 74.4 Å². The minimum Gasteiger partial charge on any atom is -0.543 e. The zero-order valence-corrected chi connectivity index (χ0v) is 60.4. The Morgan fingerprint density at radius 2 is 1.03 bits per heavy atom. The van der Waals surface area contributed by atoms with Crippen LogP contribution in [0.4, 0.5) is 15.4 Å². The van der Waals surface area contributed by atoms with E-state index in [-0.39, 0.29) is 64.1 Å². The van der Waals surface area contributed by atoms with Crippen LogP contribution in [0, 0.1) is 0 Å². The summed E-state index contributed by atoms with van der Waals surface area (Å²) in [5, 5.41) is 84.4. The van der Waals surface area contributed by atoms with Crippen molar-refractivity contribution in [2.75, 3.05) is 40.2 Å². The Labute approximate surface area is 617 Å². The first-order chi connectivity index (χ1) is 49.7. The van der Waals surface area contributed by atoms with Gasteiger partial charge in [-0.15, -0.1) is 69.3 Å². The van der Waals surface area contributed by atoms with E-state index in [1.807, 2.05) is 0 Å². The zero-order chi connectivity index (χ0) is 76.0. The second-order valence-corrected chi connectivity index (χ2v) is 30.3. The van der Waals surface area contributed by atoms with Gasteiger partial charge in [-0.25, -0.2) is 43.3 Å². The average Bonchev–Trinajstić information content (AvgIpc) is 1.70. The third-order valence-corrected chi connectivity index (χ3v) is 21.6. The van der Waals surface area contributed by atoms with Crippen LogP contribution in [0.2, 0.25) is 0 Å². The van der Waals surface area contributed by atoms with Crippen molar-refractivity contribution >= 4 is 173 Å². The summed E-state index contributed by atoms with van der Waals surface area (Å²) in [5.41, 5.74) is -3.52. The first-order valence-electron chi connectivity index (χ1n) is 30.7. The number of nitrogen functional groups attached to an aromatic ring is 1. The molecule has 0 aromatic carbocycles. The first kappa shape index (κ1) is 76.5. The van der Waals surface area contributed by atoms with Crippen LogP contribution >= 0.6 is 69.3 Å². The van der Waals surface area contributed by atoms with Crippen LogP contribution in [0.15, 0.2) is 127 Å². The van der Waals surface area contributed by atoms with Gasteiger partial charge in [-0.05, 0) is 41.5 Å². The molecule has 5 aliphatic rings. The number of ether oxygens (including phenoxy) is 1. The number of rotatable bonds is 30.